The molecule has 94 valence electrons. The van der Waals surface area contributed by atoms with Gasteiger partial charge in [-0.1, -0.05) is 30.3 Å². The van der Waals surface area contributed by atoms with E-state index in [1.807, 2.05) is 30.3 Å². The monoisotopic (exact) mass is 251 g/mol. The minimum absolute atomic E-state index is 0.199. The molecule has 0 aliphatic heterocycles. The number of hydrogen-bond donors (Lipinski definition) is 1. The summed E-state index contributed by atoms with van der Waals surface area (Å²) in [6.45, 7) is -2.30. The van der Waals surface area contributed by atoms with Crippen LogP contribution in [0.3, 0.4) is 0 Å². The summed E-state index contributed by atoms with van der Waals surface area (Å²) in [6.07, 6.45) is 0. The third-order valence-corrected chi connectivity index (χ3v) is 2.17. The minimum Gasteiger partial charge on any atom is -0.415 e. The molecule has 0 fully saturated rings. The highest BCUT2D eigenvalue weighted by atomic mass is 19.3. The topological polar surface area (TPSA) is 47.0 Å². The number of rotatable bonds is 5. The molecule has 0 spiro atoms. The first-order chi connectivity index (χ1) is 8.74. The van der Waals surface area contributed by atoms with Crippen molar-refractivity contribution in [2.75, 3.05) is 5.32 Å². The van der Waals surface area contributed by atoms with Crippen molar-refractivity contribution in [2.45, 2.75) is 13.2 Å². The molecule has 2 rings (SSSR count). The van der Waals surface area contributed by atoms with Gasteiger partial charge in [0.1, 0.15) is 5.82 Å². The second-order valence-corrected chi connectivity index (χ2v) is 3.47. The van der Waals surface area contributed by atoms with Crippen LogP contribution >= 0.6 is 0 Å². The lowest BCUT2D eigenvalue weighted by molar-refractivity contribution is -0.0534. The lowest BCUT2D eigenvalue weighted by atomic mass is 10.2. The van der Waals surface area contributed by atoms with Crippen LogP contribution in [0.15, 0.2) is 42.5 Å². The zero-order chi connectivity index (χ0) is 12.8. The van der Waals surface area contributed by atoms with Crippen molar-refractivity contribution in [2.24, 2.45) is 0 Å². The number of alkyl halides is 2. The van der Waals surface area contributed by atoms with Crippen molar-refractivity contribution in [3.63, 3.8) is 0 Å². The highest BCUT2D eigenvalue weighted by Crippen LogP contribution is 2.11. The van der Waals surface area contributed by atoms with E-state index in [-0.39, 0.29) is 5.88 Å². The smallest absolute Gasteiger partial charge is 0.388 e. The van der Waals surface area contributed by atoms with Gasteiger partial charge in [0.05, 0.1) is 0 Å². The van der Waals surface area contributed by atoms with Gasteiger partial charge < -0.3 is 10.1 Å². The second-order valence-electron chi connectivity index (χ2n) is 3.47. The number of nitrogens with zero attached hydrogens (tertiary/aromatic N) is 2. The normalized spacial score (nSPS) is 10.4. The number of aromatic nitrogens is 2. The highest BCUT2D eigenvalue weighted by Gasteiger charge is 2.05. The summed E-state index contributed by atoms with van der Waals surface area (Å²) in [4.78, 5) is 0. The third kappa shape index (κ3) is 3.65. The fourth-order valence-corrected chi connectivity index (χ4v) is 1.36. The van der Waals surface area contributed by atoms with Crippen LogP contribution < -0.4 is 10.1 Å². The number of nitrogens with one attached hydrogen (secondary N) is 1. The Morgan fingerprint density at radius 2 is 1.83 bits per heavy atom. The van der Waals surface area contributed by atoms with E-state index in [1.165, 1.54) is 12.1 Å². The predicted molar refractivity (Wildman–Crippen MR) is 62.4 cm³/mol. The molecule has 0 saturated heterocycles. The van der Waals surface area contributed by atoms with Crippen LogP contribution in [0, 0.1) is 0 Å². The van der Waals surface area contributed by atoms with E-state index < -0.39 is 6.61 Å². The Morgan fingerprint density at radius 3 is 2.44 bits per heavy atom. The van der Waals surface area contributed by atoms with Crippen molar-refractivity contribution in [1.29, 1.82) is 0 Å². The Bertz CT molecular complexity index is 476. The van der Waals surface area contributed by atoms with Crippen LogP contribution in [-0.4, -0.2) is 16.8 Å². The van der Waals surface area contributed by atoms with Gasteiger partial charge in [0.2, 0.25) is 5.88 Å². The van der Waals surface area contributed by atoms with Gasteiger partial charge >= 0.3 is 6.61 Å². The molecule has 1 heterocycles. The third-order valence-electron chi connectivity index (χ3n) is 2.17. The molecule has 1 aromatic heterocycles. The fraction of sp³-hybridized carbons (Fsp3) is 0.167. The van der Waals surface area contributed by atoms with Gasteiger partial charge in [0, 0.05) is 12.6 Å². The summed E-state index contributed by atoms with van der Waals surface area (Å²) >= 11 is 0. The summed E-state index contributed by atoms with van der Waals surface area (Å²) in [6, 6.07) is 12.6. The predicted octanol–water partition coefficient (Wildman–Crippen LogP) is 2.69. The van der Waals surface area contributed by atoms with Gasteiger partial charge in [-0.3, -0.25) is 0 Å². The highest BCUT2D eigenvalue weighted by molar-refractivity contribution is 5.35. The lowest BCUT2D eigenvalue weighted by Crippen LogP contribution is -2.06. The van der Waals surface area contributed by atoms with Crippen molar-refractivity contribution >= 4 is 5.82 Å². The zero-order valence-corrected chi connectivity index (χ0v) is 9.38. The Morgan fingerprint density at radius 1 is 1.06 bits per heavy atom. The SMILES string of the molecule is FC(F)Oc1ccc(NCc2ccccc2)nn1. The van der Waals surface area contributed by atoms with Crippen molar-refractivity contribution in [1.82, 2.24) is 10.2 Å². The number of hydrogen-bond acceptors (Lipinski definition) is 4. The summed E-state index contributed by atoms with van der Waals surface area (Å²) in [7, 11) is 0. The number of anilines is 1. The van der Waals surface area contributed by atoms with Crippen molar-refractivity contribution in [3.8, 4) is 5.88 Å². The van der Waals surface area contributed by atoms with E-state index >= 15 is 0 Å². The number of benzene rings is 1. The molecular weight excluding hydrogens is 240 g/mol. The van der Waals surface area contributed by atoms with E-state index in [9.17, 15) is 8.78 Å². The molecule has 0 saturated carbocycles. The first-order valence-electron chi connectivity index (χ1n) is 5.30. The van der Waals surface area contributed by atoms with E-state index in [4.69, 9.17) is 0 Å². The summed E-state index contributed by atoms with van der Waals surface area (Å²) in [5.74, 6) is 0.302. The first-order valence-corrected chi connectivity index (χ1v) is 5.30. The largest absolute Gasteiger partial charge is 0.415 e. The molecule has 0 radical (unpaired) electrons. The molecule has 0 unspecified atom stereocenters. The first kappa shape index (κ1) is 12.2. The van der Waals surface area contributed by atoms with Crippen LogP contribution in [0.25, 0.3) is 0 Å². The van der Waals surface area contributed by atoms with Gasteiger partial charge in [-0.2, -0.15) is 8.78 Å². The molecule has 1 N–H and O–H groups in total. The summed E-state index contributed by atoms with van der Waals surface area (Å²) in [5, 5.41) is 10.3. The average molecular weight is 251 g/mol. The quantitative estimate of drug-likeness (QED) is 0.887. The second kappa shape index (κ2) is 5.90. The van der Waals surface area contributed by atoms with E-state index in [2.05, 4.69) is 20.3 Å². The Kier molecular flexibility index (Phi) is 4.01. The molecule has 4 nitrogen and oxygen atoms in total. The van der Waals surface area contributed by atoms with Crippen molar-refractivity contribution < 1.29 is 13.5 Å². The molecule has 1 aromatic carbocycles. The van der Waals surface area contributed by atoms with E-state index in [0.717, 1.165) is 5.56 Å². The molecule has 18 heavy (non-hydrogen) atoms. The molecule has 2 aromatic rings. The lowest BCUT2D eigenvalue weighted by Gasteiger charge is -2.06. The summed E-state index contributed by atoms with van der Waals surface area (Å²) in [5.41, 5.74) is 1.09. The molecule has 6 heteroatoms. The van der Waals surface area contributed by atoms with E-state index in [1.54, 1.807) is 0 Å². The molecule has 0 amide bonds. The average Bonchev–Trinajstić information content (AvgIpc) is 2.38. The maximum Gasteiger partial charge on any atom is 0.388 e. The molecular formula is C12H11F2N3O. The maximum absolute atomic E-state index is 11.9. The van der Waals surface area contributed by atoms with Gasteiger partial charge in [-0.15, -0.1) is 10.2 Å². The van der Waals surface area contributed by atoms with Crippen LogP contribution in [0.2, 0.25) is 0 Å². The number of halogens is 2. The minimum atomic E-state index is -2.89. The van der Waals surface area contributed by atoms with E-state index in [0.29, 0.717) is 12.4 Å². The maximum atomic E-state index is 11.9. The zero-order valence-electron chi connectivity index (χ0n) is 9.38. The molecule has 0 bridgehead atoms. The molecule has 0 atom stereocenters. The van der Waals surface area contributed by atoms with Crippen LogP contribution in [0.1, 0.15) is 5.56 Å². The van der Waals surface area contributed by atoms with Crippen LogP contribution in [-0.2, 0) is 6.54 Å². The Hall–Kier alpha value is -2.24. The van der Waals surface area contributed by atoms with Crippen molar-refractivity contribution in [3.05, 3.63) is 48.0 Å². The van der Waals surface area contributed by atoms with Crippen LogP contribution in [0.4, 0.5) is 14.6 Å². The van der Waals surface area contributed by atoms with Gasteiger partial charge in [-0.05, 0) is 11.6 Å². The van der Waals surface area contributed by atoms with Gasteiger partial charge in [0.15, 0.2) is 0 Å². The van der Waals surface area contributed by atoms with Crippen LogP contribution in [0.5, 0.6) is 5.88 Å². The Labute approximate surface area is 103 Å². The molecule has 0 aliphatic rings. The van der Waals surface area contributed by atoms with Gasteiger partial charge in [0.25, 0.3) is 0 Å². The standard InChI is InChI=1S/C12H11F2N3O/c13-12(14)18-11-7-6-10(16-17-11)15-8-9-4-2-1-3-5-9/h1-7,12H,8H2,(H,15,16). The van der Waals surface area contributed by atoms with Gasteiger partial charge in [-0.25, -0.2) is 0 Å². The summed E-state index contributed by atoms with van der Waals surface area (Å²) < 4.78 is 27.9. The number of ether oxygens (including phenoxy) is 1. The Balaban J connectivity index is 1.90. The molecule has 0 aliphatic carbocycles. The fourth-order valence-electron chi connectivity index (χ4n) is 1.36.